The van der Waals surface area contributed by atoms with Crippen LogP contribution in [-0.2, 0) is 0 Å². The lowest BCUT2D eigenvalue weighted by atomic mass is 9.46. The van der Waals surface area contributed by atoms with Gasteiger partial charge >= 0.3 is 0 Å². The summed E-state index contributed by atoms with van der Waals surface area (Å²) in [6, 6.07) is 0.602. The van der Waals surface area contributed by atoms with E-state index in [4.69, 9.17) is 5.73 Å². The summed E-state index contributed by atoms with van der Waals surface area (Å²) in [5.41, 5.74) is 8.47. The van der Waals surface area contributed by atoms with E-state index in [1.54, 1.807) is 0 Å². The molecule has 0 amide bonds. The normalized spacial score (nSPS) is 35.6. The first-order chi connectivity index (χ1) is 19.8. The lowest BCUT2D eigenvalue weighted by Gasteiger charge is -2.59. The molecule has 41 heavy (non-hydrogen) atoms. The first-order valence-electron chi connectivity index (χ1n) is 18.4. The molecule has 8 atom stereocenters. The van der Waals surface area contributed by atoms with Crippen LogP contribution in [0.4, 0.5) is 0 Å². The molecule has 0 aromatic rings. The number of fused-ring (bicyclic) bond motifs is 5. The number of hydrogen-bond acceptors (Lipinski definition) is 4. The third kappa shape index (κ3) is 8.40. The summed E-state index contributed by atoms with van der Waals surface area (Å²) in [5.74, 6) is 5.67. The van der Waals surface area contributed by atoms with Gasteiger partial charge in [0, 0.05) is 6.04 Å². The van der Waals surface area contributed by atoms with Crippen molar-refractivity contribution in [2.45, 2.75) is 137 Å². The first kappa shape index (κ1) is 33.5. The molecule has 3 fully saturated rings. The highest BCUT2D eigenvalue weighted by Crippen LogP contribution is 2.67. The van der Waals surface area contributed by atoms with E-state index in [1.165, 1.54) is 89.9 Å². The van der Waals surface area contributed by atoms with Gasteiger partial charge < -0.3 is 21.7 Å². The number of hydrogen-bond donors (Lipinski definition) is 4. The monoisotopic (exact) mass is 571 g/mol. The van der Waals surface area contributed by atoms with E-state index in [2.05, 4.69) is 56.6 Å². The van der Waals surface area contributed by atoms with Crippen molar-refractivity contribution in [3.05, 3.63) is 11.6 Å². The van der Waals surface area contributed by atoms with Crippen molar-refractivity contribution in [2.75, 3.05) is 39.3 Å². The third-order valence-electron chi connectivity index (χ3n) is 12.8. The molecule has 4 rings (SSSR count). The van der Waals surface area contributed by atoms with Crippen LogP contribution < -0.4 is 21.7 Å². The Morgan fingerprint density at radius 2 is 1.51 bits per heavy atom. The molecule has 238 valence electrons. The average molecular weight is 571 g/mol. The Morgan fingerprint density at radius 3 is 2.24 bits per heavy atom. The van der Waals surface area contributed by atoms with Gasteiger partial charge in [0.05, 0.1) is 0 Å². The standard InChI is InChI=1S/C37H70N4/c1-28(2)11-8-12-29(3)33-15-16-34-32-14-13-30-27-31(17-19-36(30,4)35(32)18-20-37(33,34)5)41-26-10-25-40-23-7-6-22-39-24-9-21-38/h27-29,31-35,39-41H,6-26,38H2,1-5H3/t29-,31+,32+,33-,34+,35+,36+,37-/m1/s1. The van der Waals surface area contributed by atoms with Gasteiger partial charge in [-0.15, -0.1) is 0 Å². The zero-order valence-electron chi connectivity index (χ0n) is 28.0. The van der Waals surface area contributed by atoms with Gasteiger partial charge in [0.1, 0.15) is 0 Å². The molecule has 4 aliphatic rings. The Morgan fingerprint density at radius 1 is 0.780 bits per heavy atom. The van der Waals surface area contributed by atoms with Crippen molar-refractivity contribution in [1.29, 1.82) is 0 Å². The Balaban J connectivity index is 1.19. The maximum Gasteiger partial charge on any atom is 0.0253 e. The molecular weight excluding hydrogens is 500 g/mol. The summed E-state index contributed by atoms with van der Waals surface area (Å²) in [5, 5.41) is 11.0. The highest BCUT2D eigenvalue weighted by molar-refractivity contribution is 5.26. The Labute approximate surface area is 255 Å². The molecule has 5 N–H and O–H groups in total. The smallest absolute Gasteiger partial charge is 0.0253 e. The second kappa shape index (κ2) is 16.1. The minimum atomic E-state index is 0.476. The second-order valence-electron chi connectivity index (χ2n) is 15.9. The molecular formula is C37H70N4. The largest absolute Gasteiger partial charge is 0.330 e. The number of unbranched alkanes of at least 4 members (excludes halogenated alkanes) is 1. The van der Waals surface area contributed by atoms with Gasteiger partial charge in [-0.05, 0) is 163 Å². The van der Waals surface area contributed by atoms with Crippen molar-refractivity contribution in [1.82, 2.24) is 16.0 Å². The molecule has 0 aliphatic heterocycles. The number of nitrogens with one attached hydrogen (secondary N) is 3. The molecule has 4 nitrogen and oxygen atoms in total. The zero-order valence-corrected chi connectivity index (χ0v) is 28.0. The van der Waals surface area contributed by atoms with Crippen LogP contribution >= 0.6 is 0 Å². The van der Waals surface area contributed by atoms with Gasteiger partial charge in [-0.3, -0.25) is 0 Å². The predicted octanol–water partition coefficient (Wildman–Crippen LogP) is 7.68. The molecule has 0 unspecified atom stereocenters. The lowest BCUT2D eigenvalue weighted by molar-refractivity contribution is -0.0599. The number of allylic oxidation sites excluding steroid dienone is 1. The van der Waals surface area contributed by atoms with Crippen LogP contribution in [0.5, 0.6) is 0 Å². The topological polar surface area (TPSA) is 62.1 Å². The van der Waals surface area contributed by atoms with E-state index >= 15 is 0 Å². The summed E-state index contributed by atoms with van der Waals surface area (Å²) < 4.78 is 0. The van der Waals surface area contributed by atoms with Crippen LogP contribution in [0.25, 0.3) is 0 Å². The van der Waals surface area contributed by atoms with Crippen molar-refractivity contribution in [3.8, 4) is 0 Å². The van der Waals surface area contributed by atoms with Gasteiger partial charge in [0.25, 0.3) is 0 Å². The Kier molecular flexibility index (Phi) is 13.1. The van der Waals surface area contributed by atoms with E-state index in [9.17, 15) is 0 Å². The van der Waals surface area contributed by atoms with E-state index in [0.29, 0.717) is 16.9 Å². The van der Waals surface area contributed by atoms with E-state index in [1.807, 2.05) is 5.57 Å². The SMILES string of the molecule is CC(C)CCC[C@@H](C)[C@H]1CC[C@H]2[C@@H]3CCC4=C[C@@H](NCCCNCCCCNCCCN)CC[C@]4(C)[C@H]3CC[C@]12C. The molecule has 0 aromatic carbocycles. The quantitative estimate of drug-likeness (QED) is 0.101. The molecule has 4 aliphatic carbocycles. The molecule has 0 heterocycles. The van der Waals surface area contributed by atoms with Crippen LogP contribution in [0.2, 0.25) is 0 Å². The molecule has 0 bridgehead atoms. The Bertz CT molecular complexity index is 794. The van der Waals surface area contributed by atoms with Gasteiger partial charge in [-0.2, -0.15) is 0 Å². The molecule has 0 spiro atoms. The van der Waals surface area contributed by atoms with Crippen molar-refractivity contribution < 1.29 is 0 Å². The first-order valence-corrected chi connectivity index (χ1v) is 18.4. The van der Waals surface area contributed by atoms with E-state index in [0.717, 1.165) is 81.2 Å². The van der Waals surface area contributed by atoms with Gasteiger partial charge in [-0.25, -0.2) is 0 Å². The average Bonchev–Trinajstić information content (AvgIpc) is 3.30. The van der Waals surface area contributed by atoms with E-state index < -0.39 is 0 Å². The summed E-state index contributed by atoms with van der Waals surface area (Å²) in [7, 11) is 0. The summed E-state index contributed by atoms with van der Waals surface area (Å²) in [6.07, 6.45) is 23.5. The van der Waals surface area contributed by atoms with Crippen LogP contribution in [0.3, 0.4) is 0 Å². The molecule has 4 heteroatoms. The fraction of sp³-hybridized carbons (Fsp3) is 0.946. The van der Waals surface area contributed by atoms with Crippen molar-refractivity contribution in [3.63, 3.8) is 0 Å². The number of rotatable bonds is 18. The molecule has 0 radical (unpaired) electrons. The van der Waals surface area contributed by atoms with Crippen molar-refractivity contribution in [2.24, 2.45) is 52.1 Å². The zero-order chi connectivity index (χ0) is 29.3. The minimum Gasteiger partial charge on any atom is -0.330 e. The maximum absolute atomic E-state index is 5.54. The third-order valence-corrected chi connectivity index (χ3v) is 12.8. The van der Waals surface area contributed by atoms with Crippen LogP contribution in [0, 0.1) is 46.3 Å². The maximum atomic E-state index is 5.54. The predicted molar refractivity (Wildman–Crippen MR) is 178 cm³/mol. The second-order valence-corrected chi connectivity index (χ2v) is 15.9. The van der Waals surface area contributed by atoms with Crippen LogP contribution in [-0.4, -0.2) is 45.3 Å². The van der Waals surface area contributed by atoms with E-state index in [-0.39, 0.29) is 0 Å². The van der Waals surface area contributed by atoms with Crippen LogP contribution in [0.15, 0.2) is 11.6 Å². The number of nitrogens with two attached hydrogens (primary N) is 1. The van der Waals surface area contributed by atoms with Crippen LogP contribution in [0.1, 0.15) is 131 Å². The summed E-state index contributed by atoms with van der Waals surface area (Å²) in [4.78, 5) is 0. The molecule has 0 aromatic heterocycles. The summed E-state index contributed by atoms with van der Waals surface area (Å²) in [6.45, 7) is 19.2. The van der Waals surface area contributed by atoms with Crippen molar-refractivity contribution >= 4 is 0 Å². The van der Waals surface area contributed by atoms with Gasteiger partial charge in [-0.1, -0.05) is 65.5 Å². The summed E-state index contributed by atoms with van der Waals surface area (Å²) >= 11 is 0. The Hall–Kier alpha value is -0.420. The fourth-order valence-electron chi connectivity index (χ4n) is 10.4. The highest BCUT2D eigenvalue weighted by Gasteiger charge is 2.59. The molecule has 0 saturated heterocycles. The van der Waals surface area contributed by atoms with Gasteiger partial charge in [0.15, 0.2) is 0 Å². The fourth-order valence-corrected chi connectivity index (χ4v) is 10.4. The highest BCUT2D eigenvalue weighted by atomic mass is 14.9. The lowest BCUT2D eigenvalue weighted by Crippen LogP contribution is -2.51. The van der Waals surface area contributed by atoms with Gasteiger partial charge in [0.2, 0.25) is 0 Å². The minimum absolute atomic E-state index is 0.476. The molecule has 3 saturated carbocycles.